The van der Waals surface area contributed by atoms with Crippen molar-refractivity contribution in [1.82, 2.24) is 9.95 Å². The molecule has 1 aromatic rings. The Morgan fingerprint density at radius 2 is 1.84 bits per heavy atom. The van der Waals surface area contributed by atoms with Crippen molar-refractivity contribution in [1.29, 1.82) is 0 Å². The normalized spacial score (nSPS) is 11.5. The summed E-state index contributed by atoms with van der Waals surface area (Å²) in [6, 6.07) is 6.65. The Kier molecular flexibility index (Phi) is 6.20. The third-order valence-corrected chi connectivity index (χ3v) is 4.25. The highest BCUT2D eigenvalue weighted by atomic mass is 35.5. The predicted octanol–water partition coefficient (Wildman–Crippen LogP) is 3.03. The number of carbonyl (C=O) groups excluding carboxylic acids is 1. The summed E-state index contributed by atoms with van der Waals surface area (Å²) < 4.78 is 6.13. The quantitative estimate of drug-likeness (QED) is 0.496. The summed E-state index contributed by atoms with van der Waals surface area (Å²) in [5, 5.41) is 0. The Bertz CT molecular complexity index is 421. The highest BCUT2D eigenvalue weighted by molar-refractivity contribution is 6.23. The van der Waals surface area contributed by atoms with Gasteiger partial charge in [0.1, 0.15) is 5.75 Å². The molecule has 0 aliphatic heterocycles. The fraction of sp³-hybridized carbons (Fsp3) is 0.417. The molecule has 1 amide bonds. The maximum absolute atomic E-state index is 12.0. The van der Waals surface area contributed by atoms with E-state index in [1.807, 2.05) is 0 Å². The monoisotopic (exact) mass is 324 g/mol. The van der Waals surface area contributed by atoms with Gasteiger partial charge in [-0.1, -0.05) is 0 Å². The van der Waals surface area contributed by atoms with Crippen molar-refractivity contribution in [3.05, 3.63) is 29.8 Å². The first-order chi connectivity index (χ1) is 8.96. The van der Waals surface area contributed by atoms with Crippen LogP contribution in [-0.4, -0.2) is 34.8 Å². The average Bonchev–Trinajstić information content (AvgIpc) is 2.46. The third-order valence-electron chi connectivity index (χ3n) is 2.60. The van der Waals surface area contributed by atoms with Gasteiger partial charge in [0.2, 0.25) is 0 Å². The number of benzene rings is 1. The molecule has 1 N–H and O–H groups in total. The number of nitrogens with zero attached hydrogens (tertiary/aromatic N) is 1. The van der Waals surface area contributed by atoms with E-state index in [9.17, 15) is 4.79 Å². The molecule has 4 nitrogen and oxygen atoms in total. The van der Waals surface area contributed by atoms with Crippen LogP contribution in [0.2, 0.25) is 0 Å². The Hall–Kier alpha value is -0.680. The molecule has 0 radical (unpaired) electrons. The van der Waals surface area contributed by atoms with Crippen molar-refractivity contribution >= 4 is 40.9 Å². The number of halogens is 3. The Balaban J connectivity index is 2.73. The second kappa shape index (κ2) is 7.20. The molecule has 0 heterocycles. The number of rotatable bonds is 6. The lowest BCUT2D eigenvalue weighted by molar-refractivity contribution is 0.0812. The van der Waals surface area contributed by atoms with E-state index in [-0.39, 0.29) is 17.7 Å². The molecule has 0 bridgehead atoms. The van der Waals surface area contributed by atoms with Gasteiger partial charge in [0.15, 0.2) is 0 Å². The van der Waals surface area contributed by atoms with Gasteiger partial charge in [-0.2, -0.15) is 0 Å². The first kappa shape index (κ1) is 16.4. The van der Waals surface area contributed by atoms with Crippen molar-refractivity contribution in [2.45, 2.75) is 12.5 Å². The topological polar surface area (TPSA) is 41.6 Å². The Labute approximate surface area is 127 Å². The van der Waals surface area contributed by atoms with E-state index in [2.05, 4.69) is 5.43 Å². The number of hydrogen-bond donors (Lipinski definition) is 1. The number of alkyl halides is 2. The largest absolute Gasteiger partial charge is 0.497 e. The van der Waals surface area contributed by atoms with Crippen LogP contribution in [0.4, 0.5) is 0 Å². The van der Waals surface area contributed by atoms with Crippen LogP contribution in [0.3, 0.4) is 0 Å². The molecule has 0 aliphatic rings. The van der Waals surface area contributed by atoms with Gasteiger partial charge in [-0.3, -0.25) is 10.2 Å². The second-order valence-corrected chi connectivity index (χ2v) is 5.09. The lowest BCUT2D eigenvalue weighted by atomic mass is 10.1. The van der Waals surface area contributed by atoms with Gasteiger partial charge in [-0.25, -0.2) is 0 Å². The van der Waals surface area contributed by atoms with E-state index in [0.29, 0.717) is 11.3 Å². The van der Waals surface area contributed by atoms with Crippen molar-refractivity contribution in [2.75, 3.05) is 18.9 Å². The van der Waals surface area contributed by atoms with E-state index in [4.69, 9.17) is 39.7 Å². The predicted molar refractivity (Wildman–Crippen MR) is 78.0 cm³/mol. The summed E-state index contributed by atoms with van der Waals surface area (Å²) in [6.07, 6.45) is 0. The molecular weight excluding hydrogens is 311 g/mol. The smallest absolute Gasteiger partial charge is 0.266 e. The van der Waals surface area contributed by atoms with E-state index in [1.165, 1.54) is 0 Å². The number of ether oxygens (including phenoxy) is 1. The van der Waals surface area contributed by atoms with Crippen LogP contribution < -0.4 is 10.2 Å². The van der Waals surface area contributed by atoms with Crippen molar-refractivity contribution < 1.29 is 9.53 Å². The van der Waals surface area contributed by atoms with Crippen LogP contribution in [-0.2, 0) is 0 Å². The van der Waals surface area contributed by atoms with Gasteiger partial charge >= 0.3 is 0 Å². The highest BCUT2D eigenvalue weighted by Crippen LogP contribution is 2.20. The minimum atomic E-state index is -0.729. The molecule has 1 aromatic carbocycles. The van der Waals surface area contributed by atoms with Gasteiger partial charge in [0, 0.05) is 29.1 Å². The van der Waals surface area contributed by atoms with Gasteiger partial charge in [0.05, 0.1) is 12.6 Å². The lowest BCUT2D eigenvalue weighted by Gasteiger charge is -2.32. The molecule has 106 valence electrons. The number of nitrogens with one attached hydrogen (secondary N) is 1. The average molecular weight is 326 g/mol. The first-order valence-electron chi connectivity index (χ1n) is 5.50. The van der Waals surface area contributed by atoms with Crippen LogP contribution in [0, 0.1) is 0 Å². The van der Waals surface area contributed by atoms with E-state index in [1.54, 1.807) is 38.3 Å². The molecular formula is C12H15Cl3N2O2. The summed E-state index contributed by atoms with van der Waals surface area (Å²) in [6.45, 7) is 1.74. The number of amides is 1. The molecule has 0 aromatic heterocycles. The highest BCUT2D eigenvalue weighted by Gasteiger charge is 2.31. The zero-order chi connectivity index (χ0) is 14.5. The van der Waals surface area contributed by atoms with E-state index < -0.39 is 5.54 Å². The molecule has 0 fully saturated rings. The van der Waals surface area contributed by atoms with Gasteiger partial charge in [-0.15, -0.1) is 27.7 Å². The zero-order valence-corrected chi connectivity index (χ0v) is 12.9. The molecule has 0 saturated carbocycles. The molecule has 7 heteroatoms. The maximum atomic E-state index is 12.0. The van der Waals surface area contributed by atoms with Crippen LogP contribution in [0.1, 0.15) is 17.3 Å². The molecule has 19 heavy (non-hydrogen) atoms. The van der Waals surface area contributed by atoms with Crippen LogP contribution in [0.15, 0.2) is 24.3 Å². The van der Waals surface area contributed by atoms with Crippen molar-refractivity contribution in [3.8, 4) is 5.75 Å². The molecule has 0 saturated heterocycles. The standard InChI is InChI=1S/C12H15Cl3N2O2/c1-12(7-13,8-14)17(15)16-11(18)9-3-5-10(19-2)6-4-9/h3-6H,7-8H2,1-2H3,(H,16,18). The minimum Gasteiger partial charge on any atom is -0.497 e. The Morgan fingerprint density at radius 3 is 2.26 bits per heavy atom. The number of carbonyl (C=O) groups is 1. The second-order valence-electron chi connectivity index (χ2n) is 4.21. The van der Waals surface area contributed by atoms with Gasteiger partial charge in [0.25, 0.3) is 5.91 Å². The lowest BCUT2D eigenvalue weighted by Crippen LogP contribution is -2.52. The van der Waals surface area contributed by atoms with Crippen molar-refractivity contribution in [3.63, 3.8) is 0 Å². The third kappa shape index (κ3) is 4.14. The zero-order valence-electron chi connectivity index (χ0n) is 10.6. The van der Waals surface area contributed by atoms with E-state index >= 15 is 0 Å². The summed E-state index contributed by atoms with van der Waals surface area (Å²) in [5.41, 5.74) is 2.25. The van der Waals surface area contributed by atoms with Crippen molar-refractivity contribution in [2.24, 2.45) is 0 Å². The fourth-order valence-corrected chi connectivity index (χ4v) is 2.02. The molecule has 0 aliphatic carbocycles. The van der Waals surface area contributed by atoms with Crippen LogP contribution in [0.5, 0.6) is 5.75 Å². The SMILES string of the molecule is COc1ccc(C(=O)NN(Cl)C(C)(CCl)CCl)cc1. The van der Waals surface area contributed by atoms with Gasteiger partial charge < -0.3 is 4.74 Å². The first-order valence-corrected chi connectivity index (χ1v) is 6.90. The summed E-state index contributed by atoms with van der Waals surface area (Å²) in [7, 11) is 1.56. The Morgan fingerprint density at radius 1 is 1.32 bits per heavy atom. The van der Waals surface area contributed by atoms with E-state index in [0.717, 1.165) is 4.53 Å². The van der Waals surface area contributed by atoms with Gasteiger partial charge in [-0.05, 0) is 31.2 Å². The molecule has 1 rings (SSSR count). The molecule has 0 atom stereocenters. The summed E-state index contributed by atoms with van der Waals surface area (Å²) in [4.78, 5) is 12.0. The molecule has 0 unspecified atom stereocenters. The molecule has 0 spiro atoms. The summed E-state index contributed by atoms with van der Waals surface area (Å²) in [5.74, 6) is 0.691. The number of hydrogen-bond acceptors (Lipinski definition) is 3. The number of hydrazine groups is 1. The summed E-state index contributed by atoms with van der Waals surface area (Å²) >= 11 is 17.6. The van der Waals surface area contributed by atoms with Crippen LogP contribution >= 0.6 is 35.0 Å². The fourth-order valence-electron chi connectivity index (χ4n) is 1.17. The number of methoxy groups -OCH3 is 1. The van der Waals surface area contributed by atoms with Crippen LogP contribution in [0.25, 0.3) is 0 Å². The minimum absolute atomic E-state index is 0.183. The maximum Gasteiger partial charge on any atom is 0.266 e.